The standard InChI is InChI=1S/C26H29ClN4O2/c1-17(2)16-33-24-11-10-22(27)14-21(24)15-31-18(3)13-25(30-31)29-26(32)20-8-6-19(7-9-20)23-5-4-12-28-23/h6-11,13-14,17H,4-5,12,15-16H2,1-3H3,(H,29,30,32). The lowest BCUT2D eigenvalue weighted by Crippen LogP contribution is -2.13. The molecular weight excluding hydrogens is 436 g/mol. The molecule has 0 aliphatic carbocycles. The Labute approximate surface area is 199 Å². The van der Waals surface area contributed by atoms with E-state index >= 15 is 0 Å². The van der Waals surface area contributed by atoms with Gasteiger partial charge < -0.3 is 10.1 Å². The van der Waals surface area contributed by atoms with Gasteiger partial charge in [-0.15, -0.1) is 0 Å². The Balaban J connectivity index is 1.45. The number of halogens is 1. The fourth-order valence-electron chi connectivity index (χ4n) is 3.74. The topological polar surface area (TPSA) is 68.5 Å². The average Bonchev–Trinajstić information content (AvgIpc) is 3.43. The number of anilines is 1. The van der Waals surface area contributed by atoms with E-state index in [0.717, 1.165) is 47.7 Å². The molecule has 2 heterocycles. The largest absolute Gasteiger partial charge is 0.493 e. The summed E-state index contributed by atoms with van der Waals surface area (Å²) in [5.74, 6) is 1.53. The first kappa shape index (κ1) is 23.1. The van der Waals surface area contributed by atoms with Crippen LogP contribution in [-0.2, 0) is 6.54 Å². The average molecular weight is 465 g/mol. The van der Waals surface area contributed by atoms with E-state index in [1.54, 1.807) is 0 Å². The number of carbonyl (C=O) groups excluding carboxylic acids is 1. The van der Waals surface area contributed by atoms with E-state index in [1.807, 2.05) is 60.1 Å². The molecule has 1 aromatic heterocycles. The van der Waals surface area contributed by atoms with Crippen molar-refractivity contribution in [1.29, 1.82) is 0 Å². The summed E-state index contributed by atoms with van der Waals surface area (Å²) in [5, 5.41) is 8.13. The van der Waals surface area contributed by atoms with Crippen LogP contribution in [0.5, 0.6) is 5.75 Å². The lowest BCUT2D eigenvalue weighted by Gasteiger charge is -2.14. The summed E-state index contributed by atoms with van der Waals surface area (Å²) >= 11 is 6.23. The molecule has 0 fully saturated rings. The molecule has 0 saturated carbocycles. The third kappa shape index (κ3) is 5.82. The molecule has 0 unspecified atom stereocenters. The number of ether oxygens (including phenoxy) is 1. The number of amides is 1. The summed E-state index contributed by atoms with van der Waals surface area (Å²) < 4.78 is 7.80. The molecular formula is C26H29ClN4O2. The number of rotatable bonds is 8. The quantitative estimate of drug-likeness (QED) is 0.460. The van der Waals surface area contributed by atoms with Gasteiger partial charge in [-0.3, -0.25) is 14.5 Å². The first-order valence-electron chi connectivity index (χ1n) is 11.3. The van der Waals surface area contributed by atoms with Gasteiger partial charge in [-0.2, -0.15) is 5.10 Å². The predicted molar refractivity (Wildman–Crippen MR) is 133 cm³/mol. The van der Waals surface area contributed by atoms with E-state index in [2.05, 4.69) is 29.3 Å². The van der Waals surface area contributed by atoms with E-state index in [1.165, 1.54) is 0 Å². The van der Waals surface area contributed by atoms with Gasteiger partial charge in [0.05, 0.1) is 13.2 Å². The Bertz CT molecular complexity index is 1170. The number of benzene rings is 2. The number of aliphatic imine (C=N–C) groups is 1. The number of carbonyl (C=O) groups is 1. The van der Waals surface area contributed by atoms with E-state index in [4.69, 9.17) is 16.3 Å². The minimum Gasteiger partial charge on any atom is -0.493 e. The van der Waals surface area contributed by atoms with Crippen LogP contribution < -0.4 is 10.1 Å². The van der Waals surface area contributed by atoms with Crippen LogP contribution in [0.2, 0.25) is 5.02 Å². The minimum atomic E-state index is -0.191. The molecule has 0 spiro atoms. The van der Waals surface area contributed by atoms with Crippen LogP contribution in [0.4, 0.5) is 5.82 Å². The van der Waals surface area contributed by atoms with Crippen LogP contribution in [0.1, 0.15) is 53.9 Å². The lowest BCUT2D eigenvalue weighted by atomic mass is 10.1. The van der Waals surface area contributed by atoms with Gasteiger partial charge in [-0.1, -0.05) is 37.6 Å². The molecule has 0 bridgehead atoms. The van der Waals surface area contributed by atoms with E-state index in [9.17, 15) is 4.79 Å². The van der Waals surface area contributed by atoms with Gasteiger partial charge in [-0.05, 0) is 61.6 Å². The van der Waals surface area contributed by atoms with Gasteiger partial charge in [0.25, 0.3) is 5.91 Å². The van der Waals surface area contributed by atoms with Crippen molar-refractivity contribution in [2.45, 2.75) is 40.2 Å². The summed E-state index contributed by atoms with van der Waals surface area (Å²) in [6.07, 6.45) is 2.10. The molecule has 0 atom stereocenters. The number of hydrogen-bond donors (Lipinski definition) is 1. The Morgan fingerprint density at radius 2 is 1.97 bits per heavy atom. The highest BCUT2D eigenvalue weighted by atomic mass is 35.5. The van der Waals surface area contributed by atoms with Crippen molar-refractivity contribution < 1.29 is 9.53 Å². The molecule has 6 nitrogen and oxygen atoms in total. The molecule has 3 aromatic rings. The molecule has 0 saturated heterocycles. The van der Waals surface area contributed by atoms with Crippen molar-refractivity contribution in [3.8, 4) is 5.75 Å². The van der Waals surface area contributed by atoms with Gasteiger partial charge in [0.2, 0.25) is 0 Å². The maximum Gasteiger partial charge on any atom is 0.256 e. The number of nitrogens with one attached hydrogen (secondary N) is 1. The van der Waals surface area contributed by atoms with Crippen molar-refractivity contribution in [3.05, 3.63) is 75.9 Å². The lowest BCUT2D eigenvalue weighted by molar-refractivity contribution is 0.102. The summed E-state index contributed by atoms with van der Waals surface area (Å²) in [6, 6.07) is 15.1. The molecule has 0 radical (unpaired) electrons. The SMILES string of the molecule is Cc1cc(NC(=O)c2ccc(C3=NCCC3)cc2)nn1Cc1cc(Cl)ccc1OCC(C)C. The zero-order valence-corrected chi connectivity index (χ0v) is 20.0. The summed E-state index contributed by atoms with van der Waals surface area (Å²) in [7, 11) is 0. The second-order valence-corrected chi connectivity index (χ2v) is 9.19. The van der Waals surface area contributed by atoms with Gasteiger partial charge in [0.15, 0.2) is 5.82 Å². The molecule has 2 aromatic carbocycles. The van der Waals surface area contributed by atoms with Crippen molar-refractivity contribution in [3.63, 3.8) is 0 Å². The highest BCUT2D eigenvalue weighted by Gasteiger charge is 2.14. The minimum absolute atomic E-state index is 0.191. The first-order chi connectivity index (χ1) is 15.9. The smallest absolute Gasteiger partial charge is 0.256 e. The predicted octanol–water partition coefficient (Wildman–Crippen LogP) is 5.76. The summed E-state index contributed by atoms with van der Waals surface area (Å²) in [5.41, 5.74) is 4.66. The highest BCUT2D eigenvalue weighted by molar-refractivity contribution is 6.30. The third-order valence-corrected chi connectivity index (χ3v) is 5.73. The molecule has 33 heavy (non-hydrogen) atoms. The Morgan fingerprint density at radius 3 is 2.67 bits per heavy atom. The second-order valence-electron chi connectivity index (χ2n) is 8.75. The van der Waals surface area contributed by atoms with Gasteiger partial charge in [0.1, 0.15) is 5.75 Å². The second kappa shape index (κ2) is 10.2. The van der Waals surface area contributed by atoms with Crippen LogP contribution in [0.25, 0.3) is 0 Å². The molecule has 4 rings (SSSR count). The highest BCUT2D eigenvalue weighted by Crippen LogP contribution is 2.25. The van der Waals surface area contributed by atoms with Crippen molar-refractivity contribution >= 4 is 29.0 Å². The van der Waals surface area contributed by atoms with Gasteiger partial charge >= 0.3 is 0 Å². The maximum atomic E-state index is 12.7. The summed E-state index contributed by atoms with van der Waals surface area (Å²) in [4.78, 5) is 17.3. The van der Waals surface area contributed by atoms with Gasteiger partial charge in [0, 0.05) is 40.2 Å². The van der Waals surface area contributed by atoms with Crippen LogP contribution >= 0.6 is 11.6 Å². The maximum absolute atomic E-state index is 12.7. The zero-order chi connectivity index (χ0) is 23.4. The van der Waals surface area contributed by atoms with E-state index < -0.39 is 0 Å². The molecule has 7 heteroatoms. The normalized spacial score (nSPS) is 13.3. The van der Waals surface area contributed by atoms with Crippen molar-refractivity contribution in [2.75, 3.05) is 18.5 Å². The number of hydrogen-bond acceptors (Lipinski definition) is 4. The van der Waals surface area contributed by atoms with Crippen molar-refractivity contribution in [1.82, 2.24) is 9.78 Å². The third-order valence-electron chi connectivity index (χ3n) is 5.49. The molecule has 1 amide bonds. The Kier molecular flexibility index (Phi) is 7.14. The Hall–Kier alpha value is -3.12. The fourth-order valence-corrected chi connectivity index (χ4v) is 3.93. The van der Waals surface area contributed by atoms with Crippen molar-refractivity contribution in [2.24, 2.45) is 10.9 Å². The molecule has 1 aliphatic rings. The van der Waals surface area contributed by atoms with Gasteiger partial charge in [-0.25, -0.2) is 0 Å². The van der Waals surface area contributed by atoms with E-state index in [-0.39, 0.29) is 5.91 Å². The number of aryl methyl sites for hydroxylation is 1. The zero-order valence-electron chi connectivity index (χ0n) is 19.3. The first-order valence-corrected chi connectivity index (χ1v) is 11.7. The number of nitrogens with zero attached hydrogens (tertiary/aromatic N) is 3. The van der Waals surface area contributed by atoms with Crippen LogP contribution in [0, 0.1) is 12.8 Å². The Morgan fingerprint density at radius 1 is 1.18 bits per heavy atom. The van der Waals surface area contributed by atoms with Crippen LogP contribution in [0.15, 0.2) is 53.5 Å². The fraction of sp³-hybridized carbons (Fsp3) is 0.346. The monoisotopic (exact) mass is 464 g/mol. The van der Waals surface area contributed by atoms with E-state index in [0.29, 0.717) is 35.5 Å². The molecule has 1 N–H and O–H groups in total. The summed E-state index contributed by atoms with van der Waals surface area (Å²) in [6.45, 7) is 8.18. The molecule has 1 aliphatic heterocycles. The van der Waals surface area contributed by atoms with Crippen LogP contribution in [-0.4, -0.2) is 34.6 Å². The molecule has 172 valence electrons. The van der Waals surface area contributed by atoms with Crippen LogP contribution in [0.3, 0.4) is 0 Å². The number of aromatic nitrogens is 2.